The molecule has 1 aliphatic carbocycles. The predicted molar refractivity (Wildman–Crippen MR) is 50.6 cm³/mol. The molecule has 82 valence electrons. The molecule has 2 N–H and O–H groups in total. The van der Waals surface area contributed by atoms with Gasteiger partial charge in [0.05, 0.1) is 13.2 Å². The number of hydrogen-bond acceptors (Lipinski definition) is 4. The van der Waals surface area contributed by atoms with E-state index in [2.05, 4.69) is 4.74 Å². The predicted octanol–water partition coefficient (Wildman–Crippen LogP) is 0.461. The van der Waals surface area contributed by atoms with Crippen LogP contribution in [0.15, 0.2) is 0 Å². The Hall–Kier alpha value is -0.610. The van der Waals surface area contributed by atoms with Crippen molar-refractivity contribution in [3.8, 4) is 0 Å². The van der Waals surface area contributed by atoms with Crippen LogP contribution in [0, 0.1) is 5.92 Å². The van der Waals surface area contributed by atoms with E-state index >= 15 is 0 Å². The Labute approximate surface area is 83.9 Å². The number of ether oxygens (including phenoxy) is 1. The molecule has 0 aromatic rings. The summed E-state index contributed by atoms with van der Waals surface area (Å²) in [6, 6.07) is 0. The smallest absolute Gasteiger partial charge is 0.337 e. The van der Waals surface area contributed by atoms with Crippen LogP contribution in [0.5, 0.6) is 0 Å². The molecule has 1 saturated carbocycles. The molecule has 0 aromatic heterocycles. The molecule has 4 heteroatoms. The average molecular weight is 202 g/mol. The maximum Gasteiger partial charge on any atom is 0.337 e. The maximum atomic E-state index is 11.0. The van der Waals surface area contributed by atoms with E-state index in [0.29, 0.717) is 0 Å². The van der Waals surface area contributed by atoms with Crippen molar-refractivity contribution in [1.82, 2.24) is 0 Å². The summed E-state index contributed by atoms with van der Waals surface area (Å²) in [5.41, 5.74) is 0. The van der Waals surface area contributed by atoms with Crippen LogP contribution in [-0.4, -0.2) is 35.5 Å². The number of aliphatic hydroxyl groups excluding tert-OH is 2. The van der Waals surface area contributed by atoms with Crippen molar-refractivity contribution in [3.05, 3.63) is 0 Å². The third-order valence-electron chi connectivity index (χ3n) is 2.90. The molecular formula is C10H18O4. The van der Waals surface area contributed by atoms with Crippen LogP contribution in [0.4, 0.5) is 0 Å². The monoisotopic (exact) mass is 202 g/mol. The van der Waals surface area contributed by atoms with Crippen molar-refractivity contribution in [2.75, 3.05) is 7.11 Å². The van der Waals surface area contributed by atoms with E-state index < -0.39 is 18.2 Å². The van der Waals surface area contributed by atoms with E-state index in [1.165, 1.54) is 13.5 Å². The quantitative estimate of drug-likeness (QED) is 0.652. The summed E-state index contributed by atoms with van der Waals surface area (Å²) in [5.74, 6) is -0.707. The summed E-state index contributed by atoms with van der Waals surface area (Å²) in [6.07, 6.45) is 2.72. The van der Waals surface area contributed by atoms with Gasteiger partial charge in [-0.1, -0.05) is 19.3 Å². The van der Waals surface area contributed by atoms with Crippen LogP contribution in [-0.2, 0) is 9.53 Å². The number of aliphatic hydroxyl groups is 2. The lowest BCUT2D eigenvalue weighted by Crippen LogP contribution is -2.40. The van der Waals surface area contributed by atoms with Gasteiger partial charge in [-0.2, -0.15) is 0 Å². The molecule has 4 nitrogen and oxygen atoms in total. The van der Waals surface area contributed by atoms with Gasteiger partial charge in [0.15, 0.2) is 6.10 Å². The summed E-state index contributed by atoms with van der Waals surface area (Å²) in [6.45, 7) is 0. The fraction of sp³-hybridized carbons (Fsp3) is 0.900. The Morgan fingerprint density at radius 1 is 1.29 bits per heavy atom. The van der Waals surface area contributed by atoms with E-state index in [-0.39, 0.29) is 5.92 Å². The molecule has 2 atom stereocenters. The molecule has 14 heavy (non-hydrogen) atoms. The minimum atomic E-state index is -1.39. The maximum absolute atomic E-state index is 11.0. The zero-order valence-corrected chi connectivity index (χ0v) is 8.48. The van der Waals surface area contributed by atoms with Crippen molar-refractivity contribution < 1.29 is 19.7 Å². The van der Waals surface area contributed by atoms with Gasteiger partial charge in [0.1, 0.15) is 0 Å². The van der Waals surface area contributed by atoms with Crippen LogP contribution in [0.3, 0.4) is 0 Å². The molecule has 0 saturated heterocycles. The fourth-order valence-corrected chi connectivity index (χ4v) is 1.99. The summed E-state index contributed by atoms with van der Waals surface area (Å²) < 4.78 is 4.38. The SMILES string of the molecule is COC(=O)[C@H](O)[C@@H](O)C1CCCCC1. The number of methoxy groups -OCH3 is 1. The first-order valence-electron chi connectivity index (χ1n) is 5.10. The highest BCUT2D eigenvalue weighted by Gasteiger charge is 2.32. The van der Waals surface area contributed by atoms with Crippen LogP contribution in [0.25, 0.3) is 0 Å². The van der Waals surface area contributed by atoms with Crippen LogP contribution in [0.1, 0.15) is 32.1 Å². The first kappa shape index (κ1) is 11.5. The van der Waals surface area contributed by atoms with E-state index in [1.54, 1.807) is 0 Å². The molecule has 1 rings (SSSR count). The highest BCUT2D eigenvalue weighted by Crippen LogP contribution is 2.27. The molecule has 0 bridgehead atoms. The molecule has 0 heterocycles. The van der Waals surface area contributed by atoms with E-state index in [0.717, 1.165) is 25.7 Å². The van der Waals surface area contributed by atoms with E-state index in [9.17, 15) is 15.0 Å². The lowest BCUT2D eigenvalue weighted by molar-refractivity contribution is -0.159. The second kappa shape index (κ2) is 5.32. The molecule has 1 fully saturated rings. The number of rotatable bonds is 3. The molecule has 0 unspecified atom stereocenters. The molecule has 0 spiro atoms. The lowest BCUT2D eigenvalue weighted by Gasteiger charge is -2.28. The van der Waals surface area contributed by atoms with Crippen LogP contribution >= 0.6 is 0 Å². The Kier molecular flexibility index (Phi) is 4.35. The third-order valence-corrected chi connectivity index (χ3v) is 2.90. The van der Waals surface area contributed by atoms with Crippen molar-refractivity contribution in [2.24, 2.45) is 5.92 Å². The van der Waals surface area contributed by atoms with Gasteiger partial charge in [0.2, 0.25) is 0 Å². The van der Waals surface area contributed by atoms with Gasteiger partial charge in [-0.25, -0.2) is 4.79 Å². The second-order valence-corrected chi connectivity index (χ2v) is 3.86. The average Bonchev–Trinajstić information content (AvgIpc) is 2.27. The molecule has 0 aliphatic heterocycles. The number of carbonyl (C=O) groups is 1. The molecule has 0 amide bonds. The zero-order chi connectivity index (χ0) is 10.6. The highest BCUT2D eigenvalue weighted by atomic mass is 16.5. The highest BCUT2D eigenvalue weighted by molar-refractivity contribution is 5.74. The summed E-state index contributed by atoms with van der Waals surface area (Å²) >= 11 is 0. The van der Waals surface area contributed by atoms with Gasteiger partial charge in [0, 0.05) is 0 Å². The fourth-order valence-electron chi connectivity index (χ4n) is 1.99. The van der Waals surface area contributed by atoms with Crippen LogP contribution < -0.4 is 0 Å². The van der Waals surface area contributed by atoms with Gasteiger partial charge in [-0.3, -0.25) is 0 Å². The van der Waals surface area contributed by atoms with Gasteiger partial charge in [0.25, 0.3) is 0 Å². The minimum absolute atomic E-state index is 0.0397. The molecule has 1 aliphatic rings. The number of esters is 1. The van der Waals surface area contributed by atoms with Gasteiger partial charge in [-0.15, -0.1) is 0 Å². The standard InChI is InChI=1S/C10H18O4/c1-14-10(13)9(12)8(11)7-5-3-2-4-6-7/h7-9,11-12H,2-6H2,1H3/t8-,9+/m0/s1. The number of carbonyl (C=O) groups excluding carboxylic acids is 1. The number of hydrogen-bond donors (Lipinski definition) is 2. The normalized spacial score (nSPS) is 22.8. The molecule has 0 radical (unpaired) electrons. The van der Waals surface area contributed by atoms with Gasteiger partial charge < -0.3 is 14.9 Å². The first-order chi connectivity index (χ1) is 6.66. The Morgan fingerprint density at radius 2 is 1.86 bits per heavy atom. The zero-order valence-electron chi connectivity index (χ0n) is 8.48. The summed E-state index contributed by atoms with van der Waals surface area (Å²) in [4.78, 5) is 11.0. The van der Waals surface area contributed by atoms with Crippen molar-refractivity contribution >= 4 is 5.97 Å². The minimum Gasteiger partial charge on any atom is -0.467 e. The Morgan fingerprint density at radius 3 is 2.36 bits per heavy atom. The van der Waals surface area contributed by atoms with Gasteiger partial charge in [-0.05, 0) is 18.8 Å². The largest absolute Gasteiger partial charge is 0.467 e. The third kappa shape index (κ3) is 2.69. The van der Waals surface area contributed by atoms with Crippen molar-refractivity contribution in [2.45, 2.75) is 44.3 Å². The Bertz CT molecular complexity index is 187. The summed E-state index contributed by atoms with van der Waals surface area (Å²) in [7, 11) is 1.21. The topological polar surface area (TPSA) is 66.8 Å². The molecule has 0 aromatic carbocycles. The Balaban J connectivity index is 2.45. The lowest BCUT2D eigenvalue weighted by atomic mass is 9.83. The van der Waals surface area contributed by atoms with Crippen molar-refractivity contribution in [1.29, 1.82) is 0 Å². The molecular weight excluding hydrogens is 184 g/mol. The van der Waals surface area contributed by atoms with Crippen LogP contribution in [0.2, 0.25) is 0 Å². The van der Waals surface area contributed by atoms with Gasteiger partial charge >= 0.3 is 5.97 Å². The van der Waals surface area contributed by atoms with Crippen molar-refractivity contribution in [3.63, 3.8) is 0 Å². The van der Waals surface area contributed by atoms with E-state index in [1.807, 2.05) is 0 Å². The summed E-state index contributed by atoms with van der Waals surface area (Å²) in [5, 5.41) is 19.1. The second-order valence-electron chi connectivity index (χ2n) is 3.86. The first-order valence-corrected chi connectivity index (χ1v) is 5.10. The van der Waals surface area contributed by atoms with E-state index in [4.69, 9.17) is 0 Å².